The quantitative estimate of drug-likeness (QED) is 0.575. The number of carbonyl (C=O) groups excluding carboxylic acids is 2. The van der Waals surface area contributed by atoms with Crippen LogP contribution in [0.4, 0.5) is 9.80 Å². The molecule has 0 bridgehead atoms. The van der Waals surface area contributed by atoms with Gasteiger partial charge in [0.1, 0.15) is 18.1 Å². The summed E-state index contributed by atoms with van der Waals surface area (Å²) in [6.07, 6.45) is 2.88. The van der Waals surface area contributed by atoms with E-state index in [9.17, 15) is 9.59 Å². The van der Waals surface area contributed by atoms with Crippen molar-refractivity contribution in [3.8, 4) is 0 Å². The molecule has 1 fully saturated rings. The summed E-state index contributed by atoms with van der Waals surface area (Å²) in [7, 11) is 0. The van der Waals surface area contributed by atoms with Gasteiger partial charge in [-0.1, -0.05) is 0 Å². The summed E-state index contributed by atoms with van der Waals surface area (Å²) in [5.74, 6) is -0.461. The number of morpholine rings is 1. The number of quaternary nitrogens is 1. The van der Waals surface area contributed by atoms with E-state index in [4.69, 9.17) is 10.5 Å². The van der Waals surface area contributed by atoms with Gasteiger partial charge in [-0.15, -0.1) is 11.3 Å². The summed E-state index contributed by atoms with van der Waals surface area (Å²) in [6.45, 7) is 4.99. The monoisotopic (exact) mass is 339 g/mol. The minimum Gasteiger partial charge on any atom is -0.370 e. The Morgan fingerprint density at radius 3 is 2.78 bits per heavy atom. The Morgan fingerprint density at radius 2 is 2.04 bits per heavy atom. The lowest BCUT2D eigenvalue weighted by Gasteiger charge is -2.23. The van der Waals surface area contributed by atoms with Crippen LogP contribution in [0, 0.1) is 0 Å². The molecule has 3 rings (SSSR count). The Morgan fingerprint density at radius 1 is 1.26 bits per heavy atom. The Labute approximate surface area is 139 Å². The average Bonchev–Trinajstić information content (AvgIpc) is 3.08. The summed E-state index contributed by atoms with van der Waals surface area (Å²) in [5, 5.41) is 6.23. The van der Waals surface area contributed by atoms with E-state index >= 15 is 0 Å². The van der Waals surface area contributed by atoms with Crippen molar-refractivity contribution in [3.63, 3.8) is 0 Å². The maximum Gasteiger partial charge on any atom is 0.320 e. The smallest absolute Gasteiger partial charge is 0.320 e. The summed E-state index contributed by atoms with van der Waals surface area (Å²) < 4.78 is 5.31. The molecular formula is C15H23N4O3S+. The number of rotatable bonds is 5. The molecule has 1 aliphatic heterocycles. The lowest BCUT2D eigenvalue weighted by Crippen LogP contribution is -3.14. The van der Waals surface area contributed by atoms with Gasteiger partial charge >= 0.3 is 6.03 Å². The zero-order valence-electron chi connectivity index (χ0n) is 13.1. The molecule has 0 saturated carbocycles. The lowest BCUT2D eigenvalue weighted by molar-refractivity contribution is -0.906. The van der Waals surface area contributed by atoms with Crippen LogP contribution in [0.5, 0.6) is 0 Å². The number of anilines is 1. The molecule has 1 aromatic heterocycles. The fourth-order valence-corrected chi connectivity index (χ4v) is 4.45. The lowest BCUT2D eigenvalue weighted by atomic mass is 10.1. The van der Waals surface area contributed by atoms with Gasteiger partial charge in [0.05, 0.1) is 31.9 Å². The number of ether oxygens (including phenoxy) is 1. The number of fused-ring (bicyclic) bond motifs is 1. The van der Waals surface area contributed by atoms with Crippen LogP contribution < -0.4 is 21.3 Å². The molecule has 1 aliphatic carbocycles. The van der Waals surface area contributed by atoms with E-state index in [1.54, 1.807) is 0 Å². The van der Waals surface area contributed by atoms with E-state index in [0.717, 1.165) is 57.7 Å². The third-order valence-corrected chi connectivity index (χ3v) is 5.57. The zero-order valence-corrected chi connectivity index (χ0v) is 13.9. The molecule has 5 N–H and O–H groups in total. The molecule has 7 nitrogen and oxygen atoms in total. The number of thiophene rings is 1. The second-order valence-electron chi connectivity index (χ2n) is 5.92. The Bertz CT molecular complexity index is 596. The van der Waals surface area contributed by atoms with Crippen molar-refractivity contribution >= 4 is 28.3 Å². The van der Waals surface area contributed by atoms with Crippen LogP contribution in [-0.2, 0) is 17.6 Å². The number of hydrogen-bond donors (Lipinski definition) is 4. The minimum atomic E-state index is -0.461. The first-order valence-corrected chi connectivity index (χ1v) is 8.87. The molecular weight excluding hydrogens is 316 g/mol. The van der Waals surface area contributed by atoms with Crippen LogP contribution in [0.3, 0.4) is 0 Å². The van der Waals surface area contributed by atoms with Gasteiger partial charge < -0.3 is 20.7 Å². The molecule has 0 unspecified atom stereocenters. The van der Waals surface area contributed by atoms with Crippen molar-refractivity contribution in [2.45, 2.75) is 19.3 Å². The first-order valence-electron chi connectivity index (χ1n) is 8.05. The van der Waals surface area contributed by atoms with Crippen molar-refractivity contribution in [2.24, 2.45) is 5.73 Å². The van der Waals surface area contributed by atoms with Gasteiger partial charge in [0.25, 0.3) is 5.91 Å². The fraction of sp³-hybridized carbons (Fsp3) is 0.600. The number of carbonyl (C=O) groups is 2. The van der Waals surface area contributed by atoms with Gasteiger partial charge in [0.15, 0.2) is 0 Å². The molecule has 0 aromatic carbocycles. The van der Waals surface area contributed by atoms with Gasteiger partial charge in [-0.05, 0) is 24.8 Å². The molecule has 0 atom stereocenters. The molecule has 8 heteroatoms. The zero-order chi connectivity index (χ0) is 16.2. The SMILES string of the molecule is NC(=O)c1c(NC(=O)NCC[NH+]2CCOCC2)sc2c1CCC2. The largest absolute Gasteiger partial charge is 0.370 e. The van der Waals surface area contributed by atoms with E-state index < -0.39 is 5.91 Å². The molecule has 3 amide bonds. The highest BCUT2D eigenvalue weighted by atomic mass is 32.1. The maximum atomic E-state index is 12.1. The van der Waals surface area contributed by atoms with Crippen molar-refractivity contribution in [3.05, 3.63) is 16.0 Å². The van der Waals surface area contributed by atoms with Crippen LogP contribution in [0.2, 0.25) is 0 Å². The van der Waals surface area contributed by atoms with Crippen LogP contribution in [0.15, 0.2) is 0 Å². The van der Waals surface area contributed by atoms with Crippen LogP contribution in [0.25, 0.3) is 0 Å². The molecule has 0 spiro atoms. The number of urea groups is 1. The van der Waals surface area contributed by atoms with Gasteiger partial charge in [-0.2, -0.15) is 0 Å². The van der Waals surface area contributed by atoms with Crippen molar-refractivity contribution < 1.29 is 19.2 Å². The standard InChI is InChI=1S/C15H22N4O3S/c16-13(20)12-10-2-1-3-11(10)23-14(12)18-15(21)17-4-5-19-6-8-22-9-7-19/h1-9H2,(H2,16,20)(H2,17,18,21)/p+1. The second kappa shape index (κ2) is 7.29. The molecule has 2 heterocycles. The van der Waals surface area contributed by atoms with Crippen molar-refractivity contribution in [2.75, 3.05) is 44.7 Å². The number of amides is 3. The number of hydrogen-bond acceptors (Lipinski definition) is 4. The predicted molar refractivity (Wildman–Crippen MR) is 88.3 cm³/mol. The molecule has 0 radical (unpaired) electrons. The number of primary amides is 1. The Hall–Kier alpha value is -1.64. The maximum absolute atomic E-state index is 12.1. The topological polar surface area (TPSA) is 97.9 Å². The normalized spacial score (nSPS) is 17.7. The van der Waals surface area contributed by atoms with Crippen molar-refractivity contribution in [1.29, 1.82) is 0 Å². The average molecular weight is 339 g/mol. The van der Waals surface area contributed by atoms with Crippen LogP contribution in [0.1, 0.15) is 27.2 Å². The summed E-state index contributed by atoms with van der Waals surface area (Å²) in [5.41, 5.74) is 7.01. The first kappa shape index (κ1) is 16.2. The summed E-state index contributed by atoms with van der Waals surface area (Å²) in [6, 6.07) is -0.278. The first-order chi connectivity index (χ1) is 11.1. The van der Waals surface area contributed by atoms with E-state index in [-0.39, 0.29) is 6.03 Å². The molecule has 23 heavy (non-hydrogen) atoms. The summed E-state index contributed by atoms with van der Waals surface area (Å²) in [4.78, 5) is 26.3. The highest BCUT2D eigenvalue weighted by molar-refractivity contribution is 7.17. The van der Waals surface area contributed by atoms with Gasteiger partial charge in [-0.3, -0.25) is 10.1 Å². The van der Waals surface area contributed by atoms with E-state index in [0.29, 0.717) is 17.1 Å². The Balaban J connectivity index is 1.52. The van der Waals surface area contributed by atoms with E-state index in [1.165, 1.54) is 21.1 Å². The van der Waals surface area contributed by atoms with Crippen LogP contribution in [-0.4, -0.2) is 51.3 Å². The third kappa shape index (κ3) is 3.82. The van der Waals surface area contributed by atoms with Crippen LogP contribution >= 0.6 is 11.3 Å². The van der Waals surface area contributed by atoms with E-state index in [1.807, 2.05) is 0 Å². The highest BCUT2D eigenvalue weighted by Gasteiger charge is 2.26. The molecule has 1 aromatic rings. The molecule has 2 aliphatic rings. The number of nitrogens with two attached hydrogens (primary N) is 1. The predicted octanol–water partition coefficient (Wildman–Crippen LogP) is -0.628. The summed E-state index contributed by atoms with van der Waals surface area (Å²) >= 11 is 1.47. The van der Waals surface area contributed by atoms with Gasteiger partial charge in [-0.25, -0.2) is 4.79 Å². The van der Waals surface area contributed by atoms with Gasteiger partial charge in [0, 0.05) is 4.88 Å². The molecule has 1 saturated heterocycles. The number of nitrogens with one attached hydrogen (secondary N) is 3. The molecule has 126 valence electrons. The Kier molecular flexibility index (Phi) is 5.14. The third-order valence-electron chi connectivity index (χ3n) is 4.36. The number of aryl methyl sites for hydroxylation is 1. The fourth-order valence-electron chi connectivity index (χ4n) is 3.16. The minimum absolute atomic E-state index is 0.278. The van der Waals surface area contributed by atoms with E-state index in [2.05, 4.69) is 10.6 Å². The second-order valence-corrected chi connectivity index (χ2v) is 7.02. The highest BCUT2D eigenvalue weighted by Crippen LogP contribution is 2.38. The van der Waals surface area contributed by atoms with Crippen molar-refractivity contribution in [1.82, 2.24) is 5.32 Å². The van der Waals surface area contributed by atoms with Gasteiger partial charge in [0.2, 0.25) is 0 Å².